The van der Waals surface area contributed by atoms with Crippen LogP contribution in [0.1, 0.15) is 24.3 Å². The van der Waals surface area contributed by atoms with Crippen LogP contribution in [0.25, 0.3) is 0 Å². The third-order valence-electron chi connectivity index (χ3n) is 3.88. The van der Waals surface area contributed by atoms with Crippen molar-refractivity contribution in [2.45, 2.75) is 24.4 Å². The van der Waals surface area contributed by atoms with Crippen LogP contribution in [0.3, 0.4) is 0 Å². The van der Waals surface area contributed by atoms with Crippen molar-refractivity contribution < 1.29 is 17.6 Å². The highest BCUT2D eigenvalue weighted by molar-refractivity contribution is 7.90. The van der Waals surface area contributed by atoms with Gasteiger partial charge in [-0.05, 0) is 43.8 Å². The molecule has 1 heterocycles. The molecular weight excluding hydrogens is 328 g/mol. The van der Waals surface area contributed by atoms with E-state index >= 15 is 0 Å². The van der Waals surface area contributed by atoms with Crippen molar-refractivity contribution >= 4 is 15.7 Å². The monoisotopic (exact) mass is 350 g/mol. The molecule has 1 aromatic carbocycles. The predicted octanol–water partition coefficient (Wildman–Crippen LogP) is 1.99. The molecule has 24 heavy (non-hydrogen) atoms. The molecule has 0 aliphatic rings. The fraction of sp³-hybridized carbons (Fsp3) is 0.353. The molecule has 0 saturated carbocycles. The van der Waals surface area contributed by atoms with E-state index in [0.29, 0.717) is 12.3 Å². The number of likely N-dealkylation sites (N-methyl/N-ethyl adjacent to an activating group) is 1. The number of carbonyl (C=O) groups is 1. The van der Waals surface area contributed by atoms with Crippen molar-refractivity contribution in [1.29, 1.82) is 0 Å². The molecule has 0 fully saturated rings. The van der Waals surface area contributed by atoms with Gasteiger partial charge in [-0.25, -0.2) is 8.42 Å². The second-order valence-electron chi connectivity index (χ2n) is 5.79. The van der Waals surface area contributed by atoms with E-state index in [1.54, 1.807) is 42.7 Å². The van der Waals surface area contributed by atoms with Crippen LogP contribution >= 0.6 is 0 Å². The average molecular weight is 350 g/mol. The molecule has 7 heteroatoms. The summed E-state index contributed by atoms with van der Waals surface area (Å²) in [5.41, 5.74) is 0.948. The third kappa shape index (κ3) is 4.94. The van der Waals surface area contributed by atoms with Gasteiger partial charge >= 0.3 is 0 Å². The predicted molar refractivity (Wildman–Crippen MR) is 91.2 cm³/mol. The third-order valence-corrected chi connectivity index (χ3v) is 5.01. The Labute approximate surface area is 142 Å². The summed E-state index contributed by atoms with van der Waals surface area (Å²) in [6.45, 7) is 2.56. The standard InChI is InChI=1S/C17H22N2O4S/c1-13(14-6-8-16(9-7-14)24(3,21)22)19(2)12-17(20)18-11-15-5-4-10-23-15/h4-10,13H,11-12H2,1-3H3,(H,18,20). The Morgan fingerprint density at radius 2 is 1.92 bits per heavy atom. The molecule has 0 radical (unpaired) electrons. The van der Waals surface area contributed by atoms with Gasteiger partial charge in [0.05, 0.1) is 24.2 Å². The molecule has 0 bridgehead atoms. The maximum atomic E-state index is 12.0. The van der Waals surface area contributed by atoms with Crippen molar-refractivity contribution in [2.75, 3.05) is 19.8 Å². The minimum atomic E-state index is -3.20. The van der Waals surface area contributed by atoms with Crippen LogP contribution in [0, 0.1) is 0 Å². The van der Waals surface area contributed by atoms with Gasteiger partial charge in [-0.2, -0.15) is 0 Å². The van der Waals surface area contributed by atoms with E-state index in [0.717, 1.165) is 5.56 Å². The number of amides is 1. The second-order valence-corrected chi connectivity index (χ2v) is 7.80. The van der Waals surface area contributed by atoms with E-state index in [1.165, 1.54) is 6.26 Å². The lowest BCUT2D eigenvalue weighted by Gasteiger charge is -2.24. The molecular formula is C17H22N2O4S. The number of benzene rings is 1. The number of hydrogen-bond donors (Lipinski definition) is 1. The van der Waals surface area contributed by atoms with Gasteiger partial charge in [0.25, 0.3) is 0 Å². The van der Waals surface area contributed by atoms with E-state index in [4.69, 9.17) is 4.42 Å². The number of sulfone groups is 1. The minimum absolute atomic E-state index is 0.0204. The summed E-state index contributed by atoms with van der Waals surface area (Å²) in [4.78, 5) is 14.2. The first-order valence-electron chi connectivity index (χ1n) is 7.56. The van der Waals surface area contributed by atoms with Crippen LogP contribution in [0.4, 0.5) is 0 Å². The summed E-state index contributed by atoms with van der Waals surface area (Å²) in [5, 5.41) is 2.80. The maximum absolute atomic E-state index is 12.0. The Morgan fingerprint density at radius 3 is 2.46 bits per heavy atom. The van der Waals surface area contributed by atoms with Gasteiger partial charge in [-0.1, -0.05) is 12.1 Å². The Bertz CT molecular complexity index is 767. The molecule has 130 valence electrons. The van der Waals surface area contributed by atoms with Crippen molar-refractivity contribution in [3.8, 4) is 0 Å². The highest BCUT2D eigenvalue weighted by atomic mass is 32.2. The molecule has 2 rings (SSSR count). The molecule has 6 nitrogen and oxygen atoms in total. The Morgan fingerprint density at radius 1 is 1.25 bits per heavy atom. The van der Waals surface area contributed by atoms with E-state index < -0.39 is 9.84 Å². The van der Waals surface area contributed by atoms with Gasteiger partial charge in [-0.3, -0.25) is 9.69 Å². The topological polar surface area (TPSA) is 79.6 Å². The molecule has 1 unspecified atom stereocenters. The smallest absolute Gasteiger partial charge is 0.234 e. The lowest BCUT2D eigenvalue weighted by atomic mass is 10.1. The Balaban J connectivity index is 1.91. The van der Waals surface area contributed by atoms with Crippen molar-refractivity contribution in [2.24, 2.45) is 0 Å². The Hall–Kier alpha value is -2.12. The summed E-state index contributed by atoms with van der Waals surface area (Å²) in [5.74, 6) is 0.601. The lowest BCUT2D eigenvalue weighted by Crippen LogP contribution is -2.36. The summed E-state index contributed by atoms with van der Waals surface area (Å²) in [6.07, 6.45) is 2.75. The van der Waals surface area contributed by atoms with Gasteiger partial charge < -0.3 is 9.73 Å². The highest BCUT2D eigenvalue weighted by Gasteiger charge is 2.16. The highest BCUT2D eigenvalue weighted by Crippen LogP contribution is 2.20. The van der Waals surface area contributed by atoms with Crippen molar-refractivity contribution in [3.63, 3.8) is 0 Å². The largest absolute Gasteiger partial charge is 0.467 e. The number of furan rings is 1. The lowest BCUT2D eigenvalue weighted by molar-refractivity contribution is -0.122. The summed E-state index contributed by atoms with van der Waals surface area (Å²) in [6, 6.07) is 10.3. The summed E-state index contributed by atoms with van der Waals surface area (Å²) >= 11 is 0. The van der Waals surface area contributed by atoms with Crippen molar-refractivity contribution in [1.82, 2.24) is 10.2 Å². The van der Waals surface area contributed by atoms with E-state index in [9.17, 15) is 13.2 Å². The van der Waals surface area contributed by atoms with Gasteiger partial charge in [0, 0.05) is 12.3 Å². The Kier molecular flexibility index (Phi) is 5.80. The molecule has 1 N–H and O–H groups in total. The number of carbonyl (C=O) groups excluding carboxylic acids is 1. The number of nitrogens with zero attached hydrogens (tertiary/aromatic N) is 1. The van der Waals surface area contributed by atoms with Crippen molar-refractivity contribution in [3.05, 3.63) is 54.0 Å². The zero-order chi connectivity index (χ0) is 17.7. The van der Waals surface area contributed by atoms with E-state index in [1.807, 2.05) is 18.9 Å². The fourth-order valence-electron chi connectivity index (χ4n) is 2.27. The van der Waals surface area contributed by atoms with Crippen LogP contribution in [-0.4, -0.2) is 39.1 Å². The molecule has 0 saturated heterocycles. The van der Waals surface area contributed by atoms with Crippen LogP contribution in [-0.2, 0) is 21.2 Å². The summed E-state index contributed by atoms with van der Waals surface area (Å²) < 4.78 is 28.2. The van der Waals surface area contributed by atoms with Gasteiger partial charge in [0.1, 0.15) is 5.76 Å². The molecule has 0 aliphatic carbocycles. The average Bonchev–Trinajstić information content (AvgIpc) is 3.05. The molecule has 0 aliphatic heterocycles. The zero-order valence-corrected chi connectivity index (χ0v) is 14.8. The van der Waals surface area contributed by atoms with E-state index in [-0.39, 0.29) is 23.4 Å². The van der Waals surface area contributed by atoms with Gasteiger partial charge in [0.2, 0.25) is 5.91 Å². The van der Waals surface area contributed by atoms with E-state index in [2.05, 4.69) is 5.32 Å². The zero-order valence-electron chi connectivity index (χ0n) is 14.0. The second kappa shape index (κ2) is 7.63. The number of hydrogen-bond acceptors (Lipinski definition) is 5. The van der Waals surface area contributed by atoms with Crippen LogP contribution in [0.2, 0.25) is 0 Å². The minimum Gasteiger partial charge on any atom is -0.467 e. The summed E-state index contributed by atoms with van der Waals surface area (Å²) in [7, 11) is -1.35. The first kappa shape index (κ1) is 18.2. The number of rotatable bonds is 7. The molecule has 1 amide bonds. The SMILES string of the molecule is CC(c1ccc(S(C)(=O)=O)cc1)N(C)CC(=O)NCc1ccco1. The molecule has 2 aromatic rings. The fourth-order valence-corrected chi connectivity index (χ4v) is 2.90. The first-order chi connectivity index (χ1) is 11.3. The molecule has 0 spiro atoms. The maximum Gasteiger partial charge on any atom is 0.234 e. The first-order valence-corrected chi connectivity index (χ1v) is 9.46. The van der Waals surface area contributed by atoms with Gasteiger partial charge in [0.15, 0.2) is 9.84 Å². The molecule has 1 aromatic heterocycles. The van der Waals surface area contributed by atoms with Crippen LogP contribution < -0.4 is 5.32 Å². The van der Waals surface area contributed by atoms with Gasteiger partial charge in [-0.15, -0.1) is 0 Å². The molecule has 1 atom stereocenters. The number of nitrogens with one attached hydrogen (secondary N) is 1. The van der Waals surface area contributed by atoms with Crippen LogP contribution in [0.15, 0.2) is 52.0 Å². The normalized spacial score (nSPS) is 13.0. The quantitative estimate of drug-likeness (QED) is 0.826. The van der Waals surface area contributed by atoms with Crippen LogP contribution in [0.5, 0.6) is 0 Å².